The van der Waals surface area contributed by atoms with Crippen molar-refractivity contribution in [3.63, 3.8) is 0 Å². The molecule has 0 heterocycles. The van der Waals surface area contributed by atoms with Crippen LogP contribution in [0.15, 0.2) is 42.5 Å². The molecule has 0 aromatic heterocycles. The van der Waals surface area contributed by atoms with Gasteiger partial charge in [-0.3, -0.25) is 14.4 Å². The zero-order valence-electron chi connectivity index (χ0n) is 16.4. The summed E-state index contributed by atoms with van der Waals surface area (Å²) in [6.45, 7) is 1.43. The van der Waals surface area contributed by atoms with Crippen molar-refractivity contribution in [2.24, 2.45) is 0 Å². The quantitative estimate of drug-likeness (QED) is 0.510. The Hall–Kier alpha value is -3.42. The average molecular weight is 403 g/mol. The first-order chi connectivity index (χ1) is 13.8. The maximum atomic E-state index is 12.9. The van der Waals surface area contributed by atoms with Crippen molar-refractivity contribution in [1.29, 1.82) is 0 Å². The molecular formula is C21H22FNO6. The zero-order chi connectivity index (χ0) is 21.4. The van der Waals surface area contributed by atoms with Crippen LogP contribution in [-0.2, 0) is 14.3 Å². The van der Waals surface area contributed by atoms with E-state index in [9.17, 15) is 18.8 Å². The van der Waals surface area contributed by atoms with E-state index in [0.717, 1.165) is 0 Å². The number of carbonyl (C=O) groups is 3. The maximum absolute atomic E-state index is 12.9. The highest BCUT2D eigenvalue weighted by molar-refractivity contribution is 5.98. The van der Waals surface area contributed by atoms with Crippen LogP contribution in [-0.4, -0.2) is 38.0 Å². The van der Waals surface area contributed by atoms with Gasteiger partial charge in [0, 0.05) is 23.7 Å². The first kappa shape index (κ1) is 21.9. The summed E-state index contributed by atoms with van der Waals surface area (Å²) in [5.41, 5.74) is 0.750. The molecule has 0 spiro atoms. The number of esters is 1. The van der Waals surface area contributed by atoms with Gasteiger partial charge in [-0.15, -0.1) is 0 Å². The van der Waals surface area contributed by atoms with Gasteiger partial charge in [-0.25, -0.2) is 4.39 Å². The van der Waals surface area contributed by atoms with Gasteiger partial charge in [-0.1, -0.05) is 0 Å². The largest absolute Gasteiger partial charge is 0.493 e. The number of rotatable bonds is 9. The molecule has 2 aromatic rings. The van der Waals surface area contributed by atoms with Crippen LogP contribution >= 0.6 is 0 Å². The van der Waals surface area contributed by atoms with Crippen LogP contribution in [0.25, 0.3) is 0 Å². The normalized spacial score (nSPS) is 11.3. The second kappa shape index (κ2) is 10.2. The first-order valence-corrected chi connectivity index (χ1v) is 8.85. The molecule has 0 radical (unpaired) electrons. The third kappa shape index (κ3) is 6.31. The number of hydrogen-bond acceptors (Lipinski definition) is 6. The third-order valence-electron chi connectivity index (χ3n) is 4.05. The van der Waals surface area contributed by atoms with Crippen LogP contribution in [0.2, 0.25) is 0 Å². The number of benzene rings is 2. The lowest BCUT2D eigenvalue weighted by Gasteiger charge is -2.15. The molecular weight excluding hydrogens is 381 g/mol. The molecule has 1 unspecified atom stereocenters. The fourth-order valence-corrected chi connectivity index (χ4v) is 2.46. The Labute approximate surface area is 167 Å². The van der Waals surface area contributed by atoms with Crippen LogP contribution in [0.5, 0.6) is 11.5 Å². The molecule has 7 nitrogen and oxygen atoms in total. The number of Topliss-reactive ketones (excluding diaryl/α,β-unsaturated/α-hetero) is 1. The molecule has 0 aliphatic carbocycles. The molecule has 0 bridgehead atoms. The number of methoxy groups -OCH3 is 2. The van der Waals surface area contributed by atoms with Gasteiger partial charge >= 0.3 is 5.97 Å². The summed E-state index contributed by atoms with van der Waals surface area (Å²) in [4.78, 5) is 36.2. The van der Waals surface area contributed by atoms with Gasteiger partial charge in [0.05, 0.1) is 20.6 Å². The first-order valence-electron chi connectivity index (χ1n) is 8.85. The SMILES string of the molecule is COc1ccc(NC(=O)C(C)OC(=O)CCC(=O)c2ccc(F)cc2)cc1OC. The van der Waals surface area contributed by atoms with E-state index < -0.39 is 23.8 Å². The number of nitrogens with one attached hydrogen (secondary N) is 1. The highest BCUT2D eigenvalue weighted by Gasteiger charge is 2.19. The third-order valence-corrected chi connectivity index (χ3v) is 4.05. The molecule has 2 aromatic carbocycles. The lowest BCUT2D eigenvalue weighted by atomic mass is 10.1. The van der Waals surface area contributed by atoms with E-state index in [2.05, 4.69) is 5.32 Å². The van der Waals surface area contributed by atoms with Crippen LogP contribution in [0.3, 0.4) is 0 Å². The summed E-state index contributed by atoms with van der Waals surface area (Å²) in [7, 11) is 2.97. The molecule has 29 heavy (non-hydrogen) atoms. The van der Waals surface area contributed by atoms with Gasteiger partial charge in [0.2, 0.25) is 0 Å². The van der Waals surface area contributed by atoms with Gasteiger partial charge in [-0.05, 0) is 43.3 Å². The lowest BCUT2D eigenvalue weighted by Crippen LogP contribution is -2.30. The van der Waals surface area contributed by atoms with Crippen molar-refractivity contribution in [2.45, 2.75) is 25.9 Å². The molecule has 1 amide bonds. The molecule has 0 aliphatic heterocycles. The van der Waals surface area contributed by atoms with E-state index in [0.29, 0.717) is 22.7 Å². The molecule has 0 saturated heterocycles. The van der Waals surface area contributed by atoms with Gasteiger partial charge in [0.1, 0.15) is 5.82 Å². The summed E-state index contributed by atoms with van der Waals surface area (Å²) < 4.78 is 28.2. The molecule has 0 saturated carbocycles. The van der Waals surface area contributed by atoms with Crippen molar-refractivity contribution in [2.75, 3.05) is 19.5 Å². The van der Waals surface area contributed by atoms with Crippen LogP contribution < -0.4 is 14.8 Å². The number of ketones is 1. The number of amides is 1. The minimum Gasteiger partial charge on any atom is -0.493 e. The molecule has 154 valence electrons. The van der Waals surface area contributed by atoms with E-state index in [1.807, 2.05) is 0 Å². The van der Waals surface area contributed by atoms with Gasteiger partial charge in [-0.2, -0.15) is 0 Å². The van der Waals surface area contributed by atoms with E-state index in [4.69, 9.17) is 14.2 Å². The Balaban J connectivity index is 1.84. The monoisotopic (exact) mass is 403 g/mol. The Kier molecular flexibility index (Phi) is 7.70. The van der Waals surface area contributed by atoms with Crippen molar-refractivity contribution in [3.05, 3.63) is 53.8 Å². The molecule has 1 N–H and O–H groups in total. The second-order valence-corrected chi connectivity index (χ2v) is 6.12. The number of halogens is 1. The highest BCUT2D eigenvalue weighted by atomic mass is 19.1. The van der Waals surface area contributed by atoms with Crippen LogP contribution in [0, 0.1) is 5.82 Å². The number of anilines is 1. The van der Waals surface area contributed by atoms with E-state index in [1.165, 1.54) is 45.4 Å². The Morgan fingerprint density at radius 2 is 1.62 bits per heavy atom. The summed E-state index contributed by atoms with van der Waals surface area (Å²) in [5.74, 6) is -1.03. The Bertz CT molecular complexity index is 881. The summed E-state index contributed by atoms with van der Waals surface area (Å²) in [6, 6.07) is 9.87. The van der Waals surface area contributed by atoms with Gasteiger partial charge in [0.25, 0.3) is 5.91 Å². The molecule has 1 atom stereocenters. The van der Waals surface area contributed by atoms with E-state index >= 15 is 0 Å². The fraction of sp³-hybridized carbons (Fsp3) is 0.286. The standard InChI is InChI=1S/C21H22FNO6/c1-13(21(26)23-16-8-10-18(27-2)19(12-16)28-3)29-20(25)11-9-17(24)14-4-6-15(22)7-5-14/h4-8,10,12-13H,9,11H2,1-3H3,(H,23,26). The predicted molar refractivity (Wildman–Crippen MR) is 104 cm³/mol. The van der Waals surface area contributed by atoms with Gasteiger partial charge in [0.15, 0.2) is 23.4 Å². The minimum absolute atomic E-state index is 0.103. The second-order valence-electron chi connectivity index (χ2n) is 6.12. The minimum atomic E-state index is -1.06. The van der Waals surface area contributed by atoms with Gasteiger partial charge < -0.3 is 19.5 Å². The molecule has 8 heteroatoms. The fourth-order valence-electron chi connectivity index (χ4n) is 2.46. The molecule has 0 fully saturated rings. The number of ether oxygens (including phenoxy) is 3. The zero-order valence-corrected chi connectivity index (χ0v) is 16.4. The topological polar surface area (TPSA) is 90.9 Å². The van der Waals surface area contributed by atoms with Crippen LogP contribution in [0.1, 0.15) is 30.1 Å². The van der Waals surface area contributed by atoms with E-state index in [-0.39, 0.29) is 18.6 Å². The Morgan fingerprint density at radius 3 is 2.24 bits per heavy atom. The summed E-state index contributed by atoms with van der Waals surface area (Å²) >= 11 is 0. The highest BCUT2D eigenvalue weighted by Crippen LogP contribution is 2.29. The average Bonchev–Trinajstić information content (AvgIpc) is 2.72. The van der Waals surface area contributed by atoms with Crippen molar-refractivity contribution >= 4 is 23.3 Å². The van der Waals surface area contributed by atoms with Crippen molar-refractivity contribution in [3.8, 4) is 11.5 Å². The van der Waals surface area contributed by atoms with Crippen LogP contribution in [0.4, 0.5) is 10.1 Å². The van der Waals surface area contributed by atoms with Crippen molar-refractivity contribution < 1.29 is 33.0 Å². The molecule has 0 aliphatic rings. The molecule has 2 rings (SSSR count). The summed E-state index contributed by atoms with van der Waals surface area (Å²) in [5, 5.41) is 2.61. The number of carbonyl (C=O) groups excluding carboxylic acids is 3. The summed E-state index contributed by atoms with van der Waals surface area (Å²) in [6.07, 6.45) is -1.35. The maximum Gasteiger partial charge on any atom is 0.307 e. The van der Waals surface area contributed by atoms with Crippen molar-refractivity contribution in [1.82, 2.24) is 0 Å². The number of hydrogen-bond donors (Lipinski definition) is 1. The Morgan fingerprint density at radius 1 is 0.966 bits per heavy atom. The smallest absolute Gasteiger partial charge is 0.307 e. The van der Waals surface area contributed by atoms with E-state index in [1.54, 1.807) is 18.2 Å². The lowest BCUT2D eigenvalue weighted by molar-refractivity contribution is -0.153. The predicted octanol–water partition coefficient (Wildman–Crippen LogP) is 3.38.